The number of rotatable bonds is 9. The molecular weight excluding hydrogens is 422 g/mol. The summed E-state index contributed by atoms with van der Waals surface area (Å²) < 4.78 is 9.25. The molecule has 3 aromatic heterocycles. The number of amides is 1. The Morgan fingerprint density at radius 2 is 2.17 bits per heavy atom. The minimum Gasteiger partial charge on any atom is -0.490 e. The fourth-order valence-corrected chi connectivity index (χ4v) is 4.23. The summed E-state index contributed by atoms with van der Waals surface area (Å²) in [6.45, 7) is 1.13. The number of aromatic nitrogens is 4. The first kappa shape index (κ1) is 20.2. The highest BCUT2D eigenvalue weighted by molar-refractivity contribution is 7.99. The largest absolute Gasteiger partial charge is 0.490 e. The highest BCUT2D eigenvalue weighted by Crippen LogP contribution is 2.24. The number of nitrogens with zero attached hydrogens (tertiary/aromatic N) is 4. The topological polar surface area (TPSA) is 90.5 Å². The number of thioether (sulfide) groups is 1. The second-order valence-corrected chi connectivity index (χ2v) is 8.19. The number of imidazole rings is 1. The van der Waals surface area contributed by atoms with E-state index in [0.29, 0.717) is 41.0 Å². The number of nitrogens with one attached hydrogen (secondary N) is 1. The summed E-state index contributed by atoms with van der Waals surface area (Å²) in [7, 11) is 0. The smallest absolute Gasteiger partial charge is 0.258 e. The third-order valence-corrected chi connectivity index (χ3v) is 5.89. The molecule has 154 valence electrons. The van der Waals surface area contributed by atoms with Crippen LogP contribution in [0.15, 0.2) is 65.4 Å². The molecule has 0 aliphatic rings. The molecule has 3 heterocycles. The molecule has 1 amide bonds. The van der Waals surface area contributed by atoms with Crippen LogP contribution in [-0.4, -0.2) is 37.2 Å². The van der Waals surface area contributed by atoms with Crippen molar-refractivity contribution in [2.45, 2.75) is 12.3 Å². The Hall–Kier alpha value is -3.11. The molecule has 4 aromatic rings. The maximum Gasteiger partial charge on any atom is 0.258 e. The molecule has 0 spiro atoms. The molecule has 0 bridgehead atoms. The molecule has 4 rings (SSSR count). The summed E-state index contributed by atoms with van der Waals surface area (Å²) in [5, 5.41) is 4.71. The maximum atomic E-state index is 12.4. The minimum atomic E-state index is -0.139. The van der Waals surface area contributed by atoms with Gasteiger partial charge in [0.25, 0.3) is 5.56 Å². The Morgan fingerprint density at radius 3 is 3.03 bits per heavy atom. The van der Waals surface area contributed by atoms with Gasteiger partial charge < -0.3 is 14.6 Å². The lowest BCUT2D eigenvalue weighted by Gasteiger charge is -2.12. The van der Waals surface area contributed by atoms with Gasteiger partial charge in [-0.3, -0.25) is 14.0 Å². The van der Waals surface area contributed by atoms with E-state index >= 15 is 0 Å². The predicted octanol–water partition coefficient (Wildman–Crippen LogP) is 2.90. The van der Waals surface area contributed by atoms with Crippen LogP contribution in [-0.2, 0) is 17.1 Å². The molecule has 0 aliphatic carbocycles. The number of ether oxygens (including phenoxy) is 1. The van der Waals surface area contributed by atoms with E-state index in [9.17, 15) is 9.59 Å². The lowest BCUT2D eigenvalue weighted by atomic mass is 10.3. The third kappa shape index (κ3) is 5.08. The monoisotopic (exact) mass is 441 g/mol. The van der Waals surface area contributed by atoms with Gasteiger partial charge in [0.05, 0.1) is 30.0 Å². The normalized spacial score (nSPS) is 10.9. The van der Waals surface area contributed by atoms with Crippen molar-refractivity contribution in [2.75, 3.05) is 17.7 Å². The molecule has 1 N–H and O–H groups in total. The van der Waals surface area contributed by atoms with Crippen molar-refractivity contribution in [3.8, 4) is 5.75 Å². The van der Waals surface area contributed by atoms with Gasteiger partial charge in [0.1, 0.15) is 12.4 Å². The Labute approximate surface area is 180 Å². The van der Waals surface area contributed by atoms with E-state index in [4.69, 9.17) is 4.74 Å². The highest BCUT2D eigenvalue weighted by Gasteiger charge is 2.09. The molecule has 30 heavy (non-hydrogen) atoms. The number of benzene rings is 1. The van der Waals surface area contributed by atoms with E-state index in [2.05, 4.69) is 15.3 Å². The molecule has 0 atom stereocenters. The van der Waals surface area contributed by atoms with E-state index in [1.54, 1.807) is 18.7 Å². The number of thiazole rings is 1. The average molecular weight is 442 g/mol. The summed E-state index contributed by atoms with van der Waals surface area (Å²) in [4.78, 5) is 33.5. The van der Waals surface area contributed by atoms with Crippen molar-refractivity contribution < 1.29 is 9.53 Å². The van der Waals surface area contributed by atoms with E-state index in [1.165, 1.54) is 33.6 Å². The predicted molar refractivity (Wildman–Crippen MR) is 118 cm³/mol. The minimum absolute atomic E-state index is 0.108. The Morgan fingerprint density at radius 1 is 1.27 bits per heavy atom. The van der Waals surface area contributed by atoms with Crippen LogP contribution >= 0.6 is 23.1 Å². The summed E-state index contributed by atoms with van der Waals surface area (Å²) in [6.07, 6.45) is 7.02. The van der Waals surface area contributed by atoms with Crippen molar-refractivity contribution in [2.24, 2.45) is 0 Å². The van der Waals surface area contributed by atoms with Gasteiger partial charge in [-0.15, -0.1) is 23.1 Å². The first-order chi connectivity index (χ1) is 14.7. The zero-order valence-corrected chi connectivity index (χ0v) is 17.6. The number of para-hydroxylation sites is 2. The van der Waals surface area contributed by atoms with Gasteiger partial charge in [-0.1, -0.05) is 12.1 Å². The van der Waals surface area contributed by atoms with Gasteiger partial charge >= 0.3 is 0 Å². The van der Waals surface area contributed by atoms with Crippen LogP contribution in [0.1, 0.15) is 5.69 Å². The number of hydrogen-bond acceptors (Lipinski definition) is 7. The van der Waals surface area contributed by atoms with Crippen LogP contribution in [0, 0.1) is 0 Å². The summed E-state index contributed by atoms with van der Waals surface area (Å²) in [6, 6.07) is 8.85. The van der Waals surface area contributed by atoms with Crippen LogP contribution in [0.2, 0.25) is 0 Å². The van der Waals surface area contributed by atoms with Crippen LogP contribution in [0.5, 0.6) is 5.75 Å². The zero-order valence-electron chi connectivity index (χ0n) is 15.9. The van der Waals surface area contributed by atoms with Gasteiger partial charge in [0, 0.05) is 35.8 Å². The SMILES string of the molecule is O=C(CSCc1cc(=O)n2ccsc2n1)Nc1ccccc1OCCn1ccnc1. The quantitative estimate of drug-likeness (QED) is 0.430. The van der Waals surface area contributed by atoms with E-state index < -0.39 is 0 Å². The highest BCUT2D eigenvalue weighted by atomic mass is 32.2. The number of anilines is 1. The van der Waals surface area contributed by atoms with Crippen molar-refractivity contribution in [3.63, 3.8) is 0 Å². The summed E-state index contributed by atoms with van der Waals surface area (Å²) >= 11 is 2.82. The zero-order chi connectivity index (χ0) is 20.8. The number of hydrogen-bond donors (Lipinski definition) is 1. The maximum absolute atomic E-state index is 12.4. The van der Waals surface area contributed by atoms with Crippen LogP contribution in [0.4, 0.5) is 5.69 Å². The van der Waals surface area contributed by atoms with E-state index in [0.717, 1.165) is 0 Å². The number of carbonyl (C=O) groups is 1. The van der Waals surface area contributed by atoms with Gasteiger partial charge in [-0.25, -0.2) is 9.97 Å². The van der Waals surface area contributed by atoms with E-state index in [1.807, 2.05) is 40.4 Å². The molecular formula is C20H19N5O3S2. The molecule has 0 aliphatic heterocycles. The average Bonchev–Trinajstić information content (AvgIpc) is 3.41. The van der Waals surface area contributed by atoms with Crippen LogP contribution < -0.4 is 15.6 Å². The van der Waals surface area contributed by atoms with Gasteiger partial charge in [0.2, 0.25) is 5.91 Å². The molecule has 0 saturated carbocycles. The van der Waals surface area contributed by atoms with Gasteiger partial charge in [-0.2, -0.15) is 0 Å². The fraction of sp³-hybridized carbons (Fsp3) is 0.200. The standard InChI is InChI=1S/C20H19N5O3S2/c26-18(13-29-12-15-11-19(27)25-8-10-30-20(25)22-15)23-16-3-1-2-4-17(16)28-9-7-24-6-5-21-14-24/h1-6,8,10-11,14H,7,9,12-13H2,(H,23,26). The Kier molecular flexibility index (Phi) is 6.45. The van der Waals surface area contributed by atoms with Crippen molar-refractivity contribution in [1.29, 1.82) is 0 Å². The Bertz CT molecular complexity index is 1190. The molecule has 0 fully saturated rings. The van der Waals surface area contributed by atoms with Crippen molar-refractivity contribution in [3.05, 3.63) is 76.7 Å². The lowest BCUT2D eigenvalue weighted by Crippen LogP contribution is -2.16. The number of fused-ring (bicyclic) bond motifs is 1. The summed E-state index contributed by atoms with van der Waals surface area (Å²) in [5.41, 5.74) is 1.19. The number of carbonyl (C=O) groups excluding carboxylic acids is 1. The molecule has 1 aromatic carbocycles. The summed E-state index contributed by atoms with van der Waals surface area (Å²) in [5.74, 6) is 1.21. The second-order valence-electron chi connectivity index (χ2n) is 6.33. The van der Waals surface area contributed by atoms with Crippen molar-refractivity contribution >= 4 is 39.7 Å². The molecule has 10 heteroatoms. The third-order valence-electron chi connectivity index (χ3n) is 4.17. The molecule has 0 radical (unpaired) electrons. The molecule has 0 unspecified atom stereocenters. The van der Waals surface area contributed by atoms with Crippen molar-refractivity contribution in [1.82, 2.24) is 18.9 Å². The first-order valence-electron chi connectivity index (χ1n) is 9.20. The molecule has 8 nitrogen and oxygen atoms in total. The first-order valence-corrected chi connectivity index (χ1v) is 11.2. The Balaban J connectivity index is 1.28. The van der Waals surface area contributed by atoms with Gasteiger partial charge in [0.15, 0.2) is 4.96 Å². The lowest BCUT2D eigenvalue weighted by molar-refractivity contribution is -0.113. The van der Waals surface area contributed by atoms with Gasteiger partial charge in [-0.05, 0) is 12.1 Å². The van der Waals surface area contributed by atoms with E-state index in [-0.39, 0.29) is 17.2 Å². The van der Waals surface area contributed by atoms with Crippen LogP contribution in [0.3, 0.4) is 0 Å². The van der Waals surface area contributed by atoms with Crippen LogP contribution in [0.25, 0.3) is 4.96 Å². The second kappa shape index (κ2) is 9.59. The molecule has 0 saturated heterocycles. The fourth-order valence-electron chi connectivity index (χ4n) is 2.77.